The average Bonchev–Trinajstić information content (AvgIpc) is 2.82. The minimum Gasteiger partial charge on any atom is -0.402 e. The highest BCUT2D eigenvalue weighted by Gasteiger charge is 2.23. The van der Waals surface area contributed by atoms with Crippen molar-refractivity contribution in [3.8, 4) is 0 Å². The highest BCUT2D eigenvalue weighted by Crippen LogP contribution is 2.20. The van der Waals surface area contributed by atoms with E-state index >= 15 is 0 Å². The van der Waals surface area contributed by atoms with Crippen LogP contribution in [-0.2, 0) is 9.53 Å². The zero-order chi connectivity index (χ0) is 13.9. The van der Waals surface area contributed by atoms with Gasteiger partial charge >= 0.3 is 5.97 Å². The Balaban J connectivity index is 1.93. The number of esters is 1. The lowest BCUT2D eigenvalue weighted by atomic mass is 10.2. The van der Waals surface area contributed by atoms with E-state index in [-0.39, 0.29) is 0 Å². The molecule has 98 valence electrons. The molecule has 0 saturated carbocycles. The summed E-state index contributed by atoms with van der Waals surface area (Å²) in [7, 11) is 0. The van der Waals surface area contributed by atoms with E-state index < -0.39 is 5.97 Å². The van der Waals surface area contributed by atoms with Gasteiger partial charge in [0.15, 0.2) is 5.70 Å². The number of ether oxygens (including phenoxy) is 1. The highest BCUT2D eigenvalue weighted by atomic mass is 79.9. The third-order valence-corrected chi connectivity index (χ3v) is 3.34. The molecule has 4 heteroatoms. The number of halogens is 1. The van der Waals surface area contributed by atoms with Crippen molar-refractivity contribution in [2.75, 3.05) is 0 Å². The van der Waals surface area contributed by atoms with E-state index in [1.807, 2.05) is 54.6 Å². The van der Waals surface area contributed by atoms with Gasteiger partial charge in [0.25, 0.3) is 0 Å². The summed E-state index contributed by atoms with van der Waals surface area (Å²) in [5, 5.41) is 0. The maximum absolute atomic E-state index is 11.8. The molecule has 1 aliphatic heterocycles. The van der Waals surface area contributed by atoms with E-state index in [9.17, 15) is 4.79 Å². The summed E-state index contributed by atoms with van der Waals surface area (Å²) in [4.78, 5) is 16.1. The predicted molar refractivity (Wildman–Crippen MR) is 81.2 cm³/mol. The summed E-state index contributed by atoms with van der Waals surface area (Å²) in [6.07, 6.45) is 1.72. The quantitative estimate of drug-likeness (QED) is 0.621. The molecular formula is C16H10BrNO2. The number of carbonyl (C=O) groups is 1. The van der Waals surface area contributed by atoms with Crippen LogP contribution in [0.4, 0.5) is 0 Å². The van der Waals surface area contributed by atoms with Crippen molar-refractivity contribution in [2.45, 2.75) is 0 Å². The number of aliphatic imine (C=N–C) groups is 1. The molecule has 1 heterocycles. The topological polar surface area (TPSA) is 38.7 Å². The van der Waals surface area contributed by atoms with Crippen LogP contribution in [0.25, 0.3) is 6.08 Å². The van der Waals surface area contributed by atoms with Gasteiger partial charge in [0.1, 0.15) is 0 Å². The van der Waals surface area contributed by atoms with Gasteiger partial charge in [-0.3, -0.25) is 0 Å². The summed E-state index contributed by atoms with van der Waals surface area (Å²) in [6, 6.07) is 17.0. The van der Waals surface area contributed by atoms with Crippen LogP contribution < -0.4 is 0 Å². The van der Waals surface area contributed by atoms with E-state index in [2.05, 4.69) is 20.9 Å². The average molecular weight is 328 g/mol. The second-order valence-corrected chi connectivity index (χ2v) is 5.17. The maximum Gasteiger partial charge on any atom is 0.363 e. The number of cyclic esters (lactones) is 1. The van der Waals surface area contributed by atoms with Crippen molar-refractivity contribution in [2.24, 2.45) is 4.99 Å². The molecule has 0 fully saturated rings. The van der Waals surface area contributed by atoms with Crippen LogP contribution in [0.15, 0.2) is 69.8 Å². The first kappa shape index (κ1) is 12.8. The first-order valence-electron chi connectivity index (χ1n) is 6.06. The summed E-state index contributed by atoms with van der Waals surface area (Å²) in [5.41, 5.74) is 2.01. The third-order valence-electron chi connectivity index (χ3n) is 2.81. The van der Waals surface area contributed by atoms with E-state index in [4.69, 9.17) is 4.74 Å². The zero-order valence-corrected chi connectivity index (χ0v) is 12.0. The van der Waals surface area contributed by atoms with Gasteiger partial charge in [-0.25, -0.2) is 9.79 Å². The zero-order valence-electron chi connectivity index (χ0n) is 10.4. The Hall–Kier alpha value is -2.20. The van der Waals surface area contributed by atoms with Gasteiger partial charge in [-0.2, -0.15) is 0 Å². The lowest BCUT2D eigenvalue weighted by Gasteiger charge is -1.98. The van der Waals surface area contributed by atoms with Gasteiger partial charge in [-0.15, -0.1) is 0 Å². The number of carbonyl (C=O) groups excluding carboxylic acids is 1. The van der Waals surface area contributed by atoms with Crippen molar-refractivity contribution >= 4 is 33.9 Å². The van der Waals surface area contributed by atoms with Crippen molar-refractivity contribution < 1.29 is 9.53 Å². The molecule has 0 aromatic heterocycles. The molecule has 0 bridgehead atoms. The van der Waals surface area contributed by atoms with Crippen LogP contribution in [0.2, 0.25) is 0 Å². The lowest BCUT2D eigenvalue weighted by Crippen LogP contribution is -2.05. The van der Waals surface area contributed by atoms with Crippen LogP contribution in [0.3, 0.4) is 0 Å². The van der Waals surface area contributed by atoms with Crippen LogP contribution >= 0.6 is 15.9 Å². The van der Waals surface area contributed by atoms with E-state index in [0.717, 1.165) is 15.6 Å². The largest absolute Gasteiger partial charge is 0.402 e. The molecular weight excluding hydrogens is 318 g/mol. The first-order chi connectivity index (χ1) is 9.72. The third kappa shape index (κ3) is 2.70. The number of nitrogens with zero attached hydrogens (tertiary/aromatic N) is 1. The molecule has 3 rings (SSSR count). The number of hydrogen-bond donors (Lipinski definition) is 0. The van der Waals surface area contributed by atoms with Crippen LogP contribution in [0.1, 0.15) is 11.1 Å². The number of hydrogen-bond acceptors (Lipinski definition) is 3. The second kappa shape index (κ2) is 5.43. The molecule has 0 atom stereocenters. The first-order valence-corrected chi connectivity index (χ1v) is 6.85. The molecule has 2 aromatic carbocycles. The Kier molecular flexibility index (Phi) is 3.48. The van der Waals surface area contributed by atoms with Crippen LogP contribution in [0.5, 0.6) is 0 Å². The normalized spacial score (nSPS) is 16.1. The summed E-state index contributed by atoms with van der Waals surface area (Å²) in [6.45, 7) is 0. The van der Waals surface area contributed by atoms with E-state index in [0.29, 0.717) is 11.6 Å². The van der Waals surface area contributed by atoms with Gasteiger partial charge in [-0.1, -0.05) is 46.3 Å². The van der Waals surface area contributed by atoms with Gasteiger partial charge < -0.3 is 4.74 Å². The minimum absolute atomic E-state index is 0.314. The summed E-state index contributed by atoms with van der Waals surface area (Å²) >= 11 is 3.36. The fraction of sp³-hybridized carbons (Fsp3) is 0. The lowest BCUT2D eigenvalue weighted by molar-refractivity contribution is -0.129. The molecule has 0 radical (unpaired) electrons. The second-order valence-electron chi connectivity index (χ2n) is 4.25. The molecule has 0 aliphatic carbocycles. The Bertz CT molecular complexity index is 703. The highest BCUT2D eigenvalue weighted by molar-refractivity contribution is 9.10. The molecule has 2 aromatic rings. The molecule has 20 heavy (non-hydrogen) atoms. The molecule has 0 N–H and O–H groups in total. The fourth-order valence-corrected chi connectivity index (χ4v) is 2.10. The molecule has 0 saturated heterocycles. The molecule has 3 nitrogen and oxygen atoms in total. The van der Waals surface area contributed by atoms with Crippen LogP contribution in [0, 0.1) is 0 Å². The molecule has 0 amide bonds. The monoisotopic (exact) mass is 327 g/mol. The van der Waals surface area contributed by atoms with Gasteiger partial charge in [0.05, 0.1) is 0 Å². The Morgan fingerprint density at radius 3 is 2.40 bits per heavy atom. The van der Waals surface area contributed by atoms with Gasteiger partial charge in [0, 0.05) is 10.0 Å². The Labute approximate surface area is 124 Å². The predicted octanol–water partition coefficient (Wildman–Crippen LogP) is 3.79. The standard InChI is InChI=1S/C16H10BrNO2/c17-13-8-6-12(7-9-13)15-18-14(16(19)20-15)10-11-4-2-1-3-5-11/h1-10H/b14-10+. The molecule has 1 aliphatic rings. The summed E-state index contributed by atoms with van der Waals surface area (Å²) < 4.78 is 6.16. The van der Waals surface area contributed by atoms with Crippen molar-refractivity contribution in [1.29, 1.82) is 0 Å². The Morgan fingerprint density at radius 2 is 1.70 bits per heavy atom. The van der Waals surface area contributed by atoms with Gasteiger partial charge in [-0.05, 0) is 35.9 Å². The van der Waals surface area contributed by atoms with E-state index in [1.54, 1.807) is 6.08 Å². The maximum atomic E-state index is 11.8. The van der Waals surface area contributed by atoms with Crippen LogP contribution in [-0.4, -0.2) is 11.9 Å². The molecule has 0 unspecified atom stereocenters. The van der Waals surface area contributed by atoms with Crippen molar-refractivity contribution in [1.82, 2.24) is 0 Å². The Morgan fingerprint density at radius 1 is 1.00 bits per heavy atom. The van der Waals surface area contributed by atoms with Gasteiger partial charge in [0.2, 0.25) is 5.90 Å². The minimum atomic E-state index is -0.424. The summed E-state index contributed by atoms with van der Waals surface area (Å²) in [5.74, 6) is -0.0866. The molecule has 0 spiro atoms. The van der Waals surface area contributed by atoms with Crippen molar-refractivity contribution in [3.05, 3.63) is 75.9 Å². The smallest absolute Gasteiger partial charge is 0.363 e. The van der Waals surface area contributed by atoms with E-state index in [1.165, 1.54) is 0 Å². The number of benzene rings is 2. The number of rotatable bonds is 2. The van der Waals surface area contributed by atoms with Crippen molar-refractivity contribution in [3.63, 3.8) is 0 Å². The fourth-order valence-electron chi connectivity index (χ4n) is 1.83. The SMILES string of the molecule is O=C1OC(c2ccc(Br)cc2)=N/C1=C/c1ccccc1.